The Bertz CT molecular complexity index is 584. The Labute approximate surface area is 141 Å². The number of aliphatic hydroxyl groups excluding tert-OH is 1. The van der Waals surface area contributed by atoms with Crippen molar-refractivity contribution < 1.29 is 24.5 Å². The lowest BCUT2D eigenvalue weighted by atomic mass is 9.82. The fourth-order valence-electron chi connectivity index (χ4n) is 3.11. The molecular weight excluding hydrogens is 312 g/mol. The van der Waals surface area contributed by atoms with Crippen LogP contribution in [-0.2, 0) is 11.3 Å². The zero-order valence-electron chi connectivity index (χ0n) is 14.1. The molecule has 0 radical (unpaired) electrons. The number of carboxylic acid groups (broad SMARTS) is 1. The summed E-state index contributed by atoms with van der Waals surface area (Å²) in [5.41, 5.74) is 0.395. The van der Waals surface area contributed by atoms with Crippen LogP contribution in [-0.4, -0.2) is 52.0 Å². The number of β-amino-alcohol motifs (C(OH)–C–C–N with tert-alkyl or cyclic N) is 1. The van der Waals surface area contributed by atoms with Gasteiger partial charge in [0.2, 0.25) is 0 Å². The monoisotopic (exact) mass is 336 g/mol. The Morgan fingerprint density at radius 2 is 1.92 bits per heavy atom. The van der Waals surface area contributed by atoms with E-state index < -0.39 is 35.8 Å². The summed E-state index contributed by atoms with van der Waals surface area (Å²) in [6.07, 6.45) is -2.77. The van der Waals surface area contributed by atoms with Crippen LogP contribution in [0.4, 0.5) is 9.59 Å². The van der Waals surface area contributed by atoms with E-state index in [0.717, 1.165) is 5.56 Å². The van der Waals surface area contributed by atoms with Crippen molar-refractivity contribution in [2.24, 2.45) is 5.41 Å². The second-order valence-electron chi connectivity index (χ2n) is 7.04. The lowest BCUT2D eigenvalue weighted by Crippen LogP contribution is -2.54. The standard InChI is InChI=1S/C17H24N2O5/c1-17(2,3)14-13(12(20)9-19(14)16(22)23)18-15(21)24-10-11-7-5-4-6-8-11/h4-8,12-14,20H,9-10H2,1-3H3,(H,18,21)(H,22,23)/t12-,13+,14?/m0/s1. The predicted octanol–water partition coefficient (Wildman–Crippen LogP) is 2.05. The van der Waals surface area contributed by atoms with Crippen molar-refractivity contribution in [3.8, 4) is 0 Å². The average molecular weight is 336 g/mol. The van der Waals surface area contributed by atoms with Crippen LogP contribution in [0.5, 0.6) is 0 Å². The molecule has 1 saturated heterocycles. The minimum Gasteiger partial charge on any atom is -0.465 e. The van der Waals surface area contributed by atoms with Gasteiger partial charge >= 0.3 is 12.2 Å². The van der Waals surface area contributed by atoms with Crippen molar-refractivity contribution >= 4 is 12.2 Å². The number of aliphatic hydroxyl groups is 1. The summed E-state index contributed by atoms with van der Waals surface area (Å²) in [7, 11) is 0. The Morgan fingerprint density at radius 3 is 2.46 bits per heavy atom. The summed E-state index contributed by atoms with van der Waals surface area (Å²) in [6.45, 7) is 5.68. The maximum atomic E-state index is 12.1. The van der Waals surface area contributed by atoms with E-state index in [1.54, 1.807) is 0 Å². The van der Waals surface area contributed by atoms with Crippen molar-refractivity contribution in [1.82, 2.24) is 10.2 Å². The van der Waals surface area contributed by atoms with Gasteiger partial charge in [-0.1, -0.05) is 51.1 Å². The Balaban J connectivity index is 2.03. The molecule has 1 aliphatic heterocycles. The first-order chi connectivity index (χ1) is 11.2. The first-order valence-electron chi connectivity index (χ1n) is 7.85. The van der Waals surface area contributed by atoms with Gasteiger partial charge in [-0.25, -0.2) is 9.59 Å². The van der Waals surface area contributed by atoms with E-state index in [1.807, 2.05) is 51.1 Å². The van der Waals surface area contributed by atoms with E-state index in [1.165, 1.54) is 4.90 Å². The van der Waals surface area contributed by atoms with Crippen LogP contribution >= 0.6 is 0 Å². The van der Waals surface area contributed by atoms with Crippen LogP contribution < -0.4 is 5.32 Å². The summed E-state index contributed by atoms with van der Waals surface area (Å²) >= 11 is 0. The van der Waals surface area contributed by atoms with Crippen molar-refractivity contribution in [2.75, 3.05) is 6.54 Å². The molecule has 0 spiro atoms. The quantitative estimate of drug-likeness (QED) is 0.784. The number of likely N-dealkylation sites (tertiary alicyclic amines) is 1. The van der Waals surface area contributed by atoms with Gasteiger partial charge in [-0.05, 0) is 11.0 Å². The molecule has 3 N–H and O–H groups in total. The number of benzene rings is 1. The number of carbonyl (C=O) groups is 2. The van der Waals surface area contributed by atoms with Gasteiger partial charge < -0.3 is 25.2 Å². The minimum atomic E-state index is -1.11. The largest absolute Gasteiger partial charge is 0.465 e. The van der Waals surface area contributed by atoms with Gasteiger partial charge in [0.15, 0.2) is 0 Å². The number of amides is 2. The van der Waals surface area contributed by atoms with Gasteiger partial charge in [0, 0.05) is 0 Å². The fraction of sp³-hybridized carbons (Fsp3) is 0.529. The summed E-state index contributed by atoms with van der Waals surface area (Å²) in [4.78, 5) is 24.6. The predicted molar refractivity (Wildman–Crippen MR) is 87.5 cm³/mol. The highest BCUT2D eigenvalue weighted by Crippen LogP contribution is 2.33. The van der Waals surface area contributed by atoms with E-state index in [9.17, 15) is 19.8 Å². The number of nitrogens with zero attached hydrogens (tertiary/aromatic N) is 1. The molecular formula is C17H24N2O5. The Hall–Kier alpha value is -2.28. The maximum absolute atomic E-state index is 12.1. The summed E-state index contributed by atoms with van der Waals surface area (Å²) in [6, 6.07) is 7.96. The molecule has 24 heavy (non-hydrogen) atoms. The molecule has 2 amide bonds. The highest BCUT2D eigenvalue weighted by molar-refractivity contribution is 5.70. The highest BCUT2D eigenvalue weighted by Gasteiger charge is 2.49. The van der Waals surface area contributed by atoms with Crippen LogP contribution in [0.3, 0.4) is 0 Å². The summed E-state index contributed by atoms with van der Waals surface area (Å²) in [5, 5.41) is 22.2. The van der Waals surface area contributed by atoms with Crippen LogP contribution in [0, 0.1) is 5.41 Å². The van der Waals surface area contributed by atoms with Crippen molar-refractivity contribution in [2.45, 2.75) is 45.6 Å². The molecule has 2 rings (SSSR count). The lowest BCUT2D eigenvalue weighted by Gasteiger charge is -2.36. The van der Waals surface area contributed by atoms with E-state index in [0.29, 0.717) is 0 Å². The molecule has 132 valence electrons. The van der Waals surface area contributed by atoms with E-state index in [2.05, 4.69) is 5.32 Å². The highest BCUT2D eigenvalue weighted by atomic mass is 16.5. The third-order valence-electron chi connectivity index (χ3n) is 4.10. The molecule has 0 aliphatic carbocycles. The third kappa shape index (κ3) is 4.17. The van der Waals surface area contributed by atoms with Gasteiger partial charge in [-0.3, -0.25) is 0 Å². The fourth-order valence-corrected chi connectivity index (χ4v) is 3.11. The van der Waals surface area contributed by atoms with Crippen LogP contribution in [0.2, 0.25) is 0 Å². The maximum Gasteiger partial charge on any atom is 0.407 e. The number of nitrogens with one attached hydrogen (secondary N) is 1. The molecule has 1 unspecified atom stereocenters. The number of hydrogen-bond acceptors (Lipinski definition) is 4. The number of alkyl carbamates (subject to hydrolysis) is 1. The minimum absolute atomic E-state index is 0.0408. The zero-order chi connectivity index (χ0) is 17.9. The molecule has 1 aromatic rings. The number of hydrogen-bond donors (Lipinski definition) is 3. The van der Waals surface area contributed by atoms with Crippen LogP contribution in [0.1, 0.15) is 26.3 Å². The van der Waals surface area contributed by atoms with Gasteiger partial charge in [-0.15, -0.1) is 0 Å². The molecule has 0 aromatic heterocycles. The van der Waals surface area contributed by atoms with Crippen LogP contribution in [0.25, 0.3) is 0 Å². The summed E-state index contributed by atoms with van der Waals surface area (Å²) < 4.78 is 5.17. The Kier molecular flexibility index (Phi) is 5.33. The number of ether oxygens (including phenoxy) is 1. The van der Waals surface area contributed by atoms with Crippen LogP contribution in [0.15, 0.2) is 30.3 Å². The third-order valence-corrected chi connectivity index (χ3v) is 4.10. The topological polar surface area (TPSA) is 99.1 Å². The van der Waals surface area contributed by atoms with Gasteiger partial charge in [0.1, 0.15) is 6.61 Å². The van der Waals surface area contributed by atoms with Crippen molar-refractivity contribution in [1.29, 1.82) is 0 Å². The second-order valence-corrected chi connectivity index (χ2v) is 7.04. The van der Waals surface area contributed by atoms with E-state index in [4.69, 9.17) is 4.74 Å². The molecule has 7 heteroatoms. The molecule has 0 bridgehead atoms. The molecule has 1 aromatic carbocycles. The molecule has 0 saturated carbocycles. The van der Waals surface area contributed by atoms with Crippen molar-refractivity contribution in [3.63, 3.8) is 0 Å². The molecule has 1 aliphatic rings. The zero-order valence-corrected chi connectivity index (χ0v) is 14.1. The Morgan fingerprint density at radius 1 is 1.29 bits per heavy atom. The van der Waals surface area contributed by atoms with E-state index >= 15 is 0 Å². The number of rotatable bonds is 3. The van der Waals surface area contributed by atoms with Crippen molar-refractivity contribution in [3.05, 3.63) is 35.9 Å². The molecule has 1 heterocycles. The van der Waals surface area contributed by atoms with Gasteiger partial charge in [-0.2, -0.15) is 0 Å². The van der Waals surface area contributed by atoms with Gasteiger partial charge in [0.25, 0.3) is 0 Å². The normalized spacial score (nSPS) is 23.8. The molecule has 7 nitrogen and oxygen atoms in total. The first kappa shape index (κ1) is 18.1. The average Bonchev–Trinajstić information content (AvgIpc) is 2.83. The second kappa shape index (κ2) is 7.09. The molecule has 1 fully saturated rings. The first-order valence-corrected chi connectivity index (χ1v) is 7.85. The van der Waals surface area contributed by atoms with Gasteiger partial charge in [0.05, 0.1) is 24.7 Å². The SMILES string of the molecule is CC(C)(C)C1[C@H](NC(=O)OCc2ccccc2)[C@@H](O)CN1C(=O)O. The van der Waals surface area contributed by atoms with E-state index in [-0.39, 0.29) is 13.2 Å². The molecule has 3 atom stereocenters. The number of carbonyl (C=O) groups excluding carboxylic acids is 1. The smallest absolute Gasteiger partial charge is 0.407 e. The lowest BCUT2D eigenvalue weighted by molar-refractivity contribution is 0.0878. The summed E-state index contributed by atoms with van der Waals surface area (Å²) in [5.74, 6) is 0.